The van der Waals surface area contributed by atoms with Gasteiger partial charge in [-0.15, -0.1) is 0 Å². The monoisotopic (exact) mass is 355 g/mol. The third kappa shape index (κ3) is 2.62. The molecule has 0 radical (unpaired) electrons. The molecule has 2 rings (SSSR count). The first kappa shape index (κ1) is 14.4. The molecule has 0 saturated carbocycles. The topological polar surface area (TPSA) is 70.8 Å². The Morgan fingerprint density at radius 3 is 2.89 bits per heavy atom. The van der Waals surface area contributed by atoms with E-state index in [-0.39, 0.29) is 28.0 Å². The lowest BCUT2D eigenvalue weighted by molar-refractivity contribution is 0.245. The molecule has 1 unspecified atom stereocenters. The Bertz CT molecular complexity index is 522. The minimum Gasteiger partial charge on any atom is -0.450 e. The number of sulfonamides is 1. The predicted octanol–water partition coefficient (Wildman–Crippen LogP) is 1.66. The van der Waals surface area contributed by atoms with Gasteiger partial charge >= 0.3 is 0 Å². The fourth-order valence-electron chi connectivity index (χ4n) is 1.81. The van der Waals surface area contributed by atoms with Crippen molar-refractivity contribution in [2.45, 2.75) is 24.0 Å². The molecule has 0 spiro atoms. The van der Waals surface area contributed by atoms with Crippen molar-refractivity contribution < 1.29 is 17.9 Å². The summed E-state index contributed by atoms with van der Waals surface area (Å²) in [5.41, 5.74) is 0. The van der Waals surface area contributed by atoms with Crippen LogP contribution in [-0.4, -0.2) is 42.4 Å². The lowest BCUT2D eigenvalue weighted by atomic mass is 10.3. The molecule has 8 heteroatoms. The van der Waals surface area contributed by atoms with Gasteiger partial charge in [0, 0.05) is 24.9 Å². The van der Waals surface area contributed by atoms with E-state index in [0.717, 1.165) is 17.9 Å². The van der Waals surface area contributed by atoms with Gasteiger partial charge in [0.1, 0.15) is 17.3 Å². The quantitative estimate of drug-likeness (QED) is 0.889. The van der Waals surface area contributed by atoms with Gasteiger partial charge in [-0.25, -0.2) is 8.42 Å². The van der Waals surface area contributed by atoms with E-state index in [4.69, 9.17) is 9.52 Å². The number of halogens is 1. The van der Waals surface area contributed by atoms with Gasteiger partial charge in [-0.2, -0.15) is 16.1 Å². The van der Waals surface area contributed by atoms with Gasteiger partial charge in [0.15, 0.2) is 4.67 Å². The third-order valence-corrected chi connectivity index (χ3v) is 6.85. The zero-order chi connectivity index (χ0) is 13.3. The summed E-state index contributed by atoms with van der Waals surface area (Å²) in [6, 6.07) is 1.39. The number of aliphatic hydroxyl groups excluding tert-OH is 1. The van der Waals surface area contributed by atoms with Gasteiger partial charge in [0.05, 0.1) is 0 Å². The molecule has 1 N–H and O–H groups in total. The summed E-state index contributed by atoms with van der Waals surface area (Å²) in [7, 11) is -1.99. The summed E-state index contributed by atoms with van der Waals surface area (Å²) in [5, 5.41) is 8.96. The van der Waals surface area contributed by atoms with Gasteiger partial charge in [-0.3, -0.25) is 0 Å². The zero-order valence-electron chi connectivity index (χ0n) is 9.80. The van der Waals surface area contributed by atoms with E-state index >= 15 is 0 Å². The molecule has 5 nitrogen and oxygen atoms in total. The lowest BCUT2D eigenvalue weighted by Gasteiger charge is -2.22. The van der Waals surface area contributed by atoms with E-state index in [1.54, 1.807) is 18.8 Å². The van der Waals surface area contributed by atoms with Crippen LogP contribution in [0.25, 0.3) is 0 Å². The van der Waals surface area contributed by atoms with Crippen LogP contribution in [0.4, 0.5) is 0 Å². The summed E-state index contributed by atoms with van der Waals surface area (Å²) in [5.74, 6) is 2.03. The van der Waals surface area contributed by atoms with Crippen LogP contribution in [-0.2, 0) is 16.6 Å². The molecule has 0 aromatic carbocycles. The maximum atomic E-state index is 12.4. The Labute approximate surface area is 119 Å². The van der Waals surface area contributed by atoms with E-state index in [1.165, 1.54) is 10.4 Å². The summed E-state index contributed by atoms with van der Waals surface area (Å²) in [6.07, 6.45) is 0.864. The van der Waals surface area contributed by atoms with Crippen molar-refractivity contribution in [1.29, 1.82) is 0 Å². The van der Waals surface area contributed by atoms with Crippen molar-refractivity contribution in [3.63, 3.8) is 0 Å². The Kier molecular flexibility index (Phi) is 4.43. The Morgan fingerprint density at radius 1 is 1.67 bits per heavy atom. The average Bonchev–Trinajstić information content (AvgIpc) is 2.96. The molecule has 1 saturated heterocycles. The van der Waals surface area contributed by atoms with Crippen molar-refractivity contribution in [2.75, 3.05) is 18.6 Å². The second kappa shape index (κ2) is 5.54. The Morgan fingerprint density at radius 2 is 2.39 bits per heavy atom. The highest BCUT2D eigenvalue weighted by Crippen LogP contribution is 2.31. The van der Waals surface area contributed by atoms with Crippen LogP contribution in [0.2, 0.25) is 0 Å². The predicted molar refractivity (Wildman–Crippen MR) is 73.0 cm³/mol. The van der Waals surface area contributed by atoms with Gasteiger partial charge < -0.3 is 9.52 Å². The molecule has 1 aliphatic heterocycles. The average molecular weight is 356 g/mol. The number of aliphatic hydroxyl groups is 1. The van der Waals surface area contributed by atoms with Crippen LogP contribution in [0.1, 0.15) is 12.2 Å². The van der Waals surface area contributed by atoms with Gasteiger partial charge in [-0.1, -0.05) is 0 Å². The first-order valence-electron chi connectivity index (χ1n) is 5.41. The number of hydrogen-bond acceptors (Lipinski definition) is 5. The molecular formula is C10H14BrNO4S2. The zero-order valence-corrected chi connectivity index (χ0v) is 13.0. The Hall–Kier alpha value is -0.0200. The van der Waals surface area contributed by atoms with Crippen LogP contribution in [0.15, 0.2) is 20.0 Å². The second-order valence-corrected chi connectivity index (χ2v) is 7.88. The summed E-state index contributed by atoms with van der Waals surface area (Å²) in [6.45, 7) is -0.322. The SMILES string of the molecule is CN(C1CCSC1)S(=O)(=O)c1cc(CO)oc1Br. The number of rotatable bonds is 4. The minimum atomic E-state index is -3.57. The molecule has 1 atom stereocenters. The molecule has 0 amide bonds. The van der Waals surface area contributed by atoms with E-state index in [1.807, 2.05) is 0 Å². The van der Waals surface area contributed by atoms with Crippen LogP contribution in [0.3, 0.4) is 0 Å². The summed E-state index contributed by atoms with van der Waals surface area (Å²) >= 11 is 4.84. The van der Waals surface area contributed by atoms with Crippen LogP contribution in [0.5, 0.6) is 0 Å². The van der Waals surface area contributed by atoms with Crippen molar-refractivity contribution in [1.82, 2.24) is 4.31 Å². The number of thioether (sulfide) groups is 1. The molecule has 1 aliphatic rings. The number of nitrogens with zero attached hydrogens (tertiary/aromatic N) is 1. The fraction of sp³-hybridized carbons (Fsp3) is 0.600. The lowest BCUT2D eigenvalue weighted by Crippen LogP contribution is -2.36. The highest BCUT2D eigenvalue weighted by atomic mass is 79.9. The van der Waals surface area contributed by atoms with E-state index < -0.39 is 10.0 Å². The van der Waals surface area contributed by atoms with Gasteiger partial charge in [-0.05, 0) is 28.1 Å². The normalized spacial score (nSPS) is 20.8. The van der Waals surface area contributed by atoms with E-state index in [9.17, 15) is 8.42 Å². The molecular weight excluding hydrogens is 342 g/mol. The first-order chi connectivity index (χ1) is 8.46. The van der Waals surface area contributed by atoms with E-state index in [2.05, 4.69) is 15.9 Å². The van der Waals surface area contributed by atoms with Crippen molar-refractivity contribution in [2.24, 2.45) is 0 Å². The van der Waals surface area contributed by atoms with Gasteiger partial charge in [0.2, 0.25) is 10.0 Å². The molecule has 1 aromatic heterocycles. The number of hydrogen-bond donors (Lipinski definition) is 1. The largest absolute Gasteiger partial charge is 0.450 e. The standard InChI is InChI=1S/C10H14BrNO4S2/c1-12(7-2-3-17-6-7)18(14,15)9-4-8(5-13)16-10(9)11/h4,7,13H,2-3,5-6H2,1H3. The molecule has 2 heterocycles. The van der Waals surface area contributed by atoms with Crippen LogP contribution in [0, 0.1) is 0 Å². The molecule has 18 heavy (non-hydrogen) atoms. The molecule has 102 valence electrons. The summed E-state index contributed by atoms with van der Waals surface area (Å²) < 4.78 is 31.5. The highest BCUT2D eigenvalue weighted by Gasteiger charge is 2.33. The van der Waals surface area contributed by atoms with E-state index in [0.29, 0.717) is 0 Å². The highest BCUT2D eigenvalue weighted by molar-refractivity contribution is 9.10. The molecule has 0 aliphatic carbocycles. The fourth-order valence-corrected chi connectivity index (χ4v) is 5.52. The maximum absolute atomic E-state index is 12.4. The molecule has 0 bridgehead atoms. The first-order valence-corrected chi connectivity index (χ1v) is 8.80. The second-order valence-electron chi connectivity index (χ2n) is 4.05. The van der Waals surface area contributed by atoms with Crippen molar-refractivity contribution in [3.05, 3.63) is 16.5 Å². The smallest absolute Gasteiger partial charge is 0.247 e. The van der Waals surface area contributed by atoms with Crippen LogP contribution < -0.4 is 0 Å². The molecule has 1 aromatic rings. The number of furan rings is 1. The maximum Gasteiger partial charge on any atom is 0.247 e. The van der Waals surface area contributed by atoms with Crippen molar-refractivity contribution in [3.8, 4) is 0 Å². The summed E-state index contributed by atoms with van der Waals surface area (Å²) in [4.78, 5) is 0.0750. The molecule has 1 fully saturated rings. The third-order valence-electron chi connectivity index (χ3n) is 2.94. The minimum absolute atomic E-state index is 0.0272. The Balaban J connectivity index is 2.31. The van der Waals surface area contributed by atoms with Crippen molar-refractivity contribution >= 4 is 37.7 Å². The van der Waals surface area contributed by atoms with Gasteiger partial charge in [0.25, 0.3) is 0 Å². The van der Waals surface area contributed by atoms with Crippen LogP contribution >= 0.6 is 27.7 Å².